The van der Waals surface area contributed by atoms with Crippen molar-refractivity contribution in [2.45, 2.75) is 114 Å². The average molecular weight is 535 g/mol. The van der Waals surface area contributed by atoms with Crippen LogP contribution in [0.5, 0.6) is 0 Å². The van der Waals surface area contributed by atoms with Gasteiger partial charge in [0.1, 0.15) is 48.8 Å². The molecule has 214 valence electrons. The standard InChI is InChI=1S/C25H42O12/c1-11-7-13(8-25(3,4)14(11)6-5-12(2)27)35-24-22(33)20(31)18(29)16(37-24)10-34-23-21(32)19(30)17(28)15(9-26)36-23/h5-6,12-13,15-24,26-33H,7-10H2,1-4H3. The summed E-state index contributed by atoms with van der Waals surface area (Å²) in [5.74, 6) is 0. The summed E-state index contributed by atoms with van der Waals surface area (Å²) in [4.78, 5) is 0. The van der Waals surface area contributed by atoms with Crippen molar-refractivity contribution < 1.29 is 59.8 Å². The van der Waals surface area contributed by atoms with Gasteiger partial charge in [0.15, 0.2) is 12.6 Å². The fourth-order valence-electron chi connectivity index (χ4n) is 5.23. The zero-order valence-electron chi connectivity index (χ0n) is 21.6. The maximum Gasteiger partial charge on any atom is 0.186 e. The van der Waals surface area contributed by atoms with Gasteiger partial charge in [-0.15, -0.1) is 0 Å². The molecule has 0 aromatic rings. The molecule has 0 saturated carbocycles. The molecule has 12 nitrogen and oxygen atoms in total. The highest BCUT2D eigenvalue weighted by atomic mass is 16.7. The van der Waals surface area contributed by atoms with Crippen LogP contribution in [0.15, 0.2) is 23.3 Å². The molecule has 37 heavy (non-hydrogen) atoms. The van der Waals surface area contributed by atoms with Crippen LogP contribution in [0.1, 0.15) is 40.5 Å². The van der Waals surface area contributed by atoms with Gasteiger partial charge in [0.2, 0.25) is 0 Å². The van der Waals surface area contributed by atoms with Crippen molar-refractivity contribution in [3.05, 3.63) is 23.3 Å². The van der Waals surface area contributed by atoms with Crippen LogP contribution in [-0.4, -0.2) is 128 Å². The first kappa shape index (κ1) is 30.5. The third-order valence-corrected chi connectivity index (χ3v) is 7.27. The summed E-state index contributed by atoms with van der Waals surface area (Å²) in [5, 5.41) is 80.4. The van der Waals surface area contributed by atoms with Crippen LogP contribution in [0.4, 0.5) is 0 Å². The Balaban J connectivity index is 1.66. The van der Waals surface area contributed by atoms with Gasteiger partial charge < -0.3 is 59.8 Å². The van der Waals surface area contributed by atoms with Crippen molar-refractivity contribution in [1.82, 2.24) is 0 Å². The topological polar surface area (TPSA) is 199 Å². The lowest BCUT2D eigenvalue weighted by Crippen LogP contribution is -2.62. The van der Waals surface area contributed by atoms with E-state index in [-0.39, 0.29) is 11.5 Å². The van der Waals surface area contributed by atoms with Gasteiger partial charge in [0, 0.05) is 0 Å². The first-order valence-corrected chi connectivity index (χ1v) is 12.6. The van der Waals surface area contributed by atoms with Gasteiger partial charge >= 0.3 is 0 Å². The van der Waals surface area contributed by atoms with E-state index in [1.807, 2.05) is 26.8 Å². The van der Waals surface area contributed by atoms with E-state index in [4.69, 9.17) is 18.9 Å². The van der Waals surface area contributed by atoms with E-state index in [0.29, 0.717) is 12.8 Å². The van der Waals surface area contributed by atoms with Crippen molar-refractivity contribution >= 4 is 0 Å². The molecule has 0 radical (unpaired) electrons. The second-order valence-corrected chi connectivity index (χ2v) is 10.9. The number of hydrogen-bond acceptors (Lipinski definition) is 12. The number of hydrogen-bond donors (Lipinski definition) is 8. The summed E-state index contributed by atoms with van der Waals surface area (Å²) in [7, 11) is 0. The number of allylic oxidation sites excluding steroid dienone is 2. The molecule has 2 saturated heterocycles. The maximum absolute atomic E-state index is 10.5. The molecule has 1 aliphatic carbocycles. The molecule has 8 N–H and O–H groups in total. The van der Waals surface area contributed by atoms with Gasteiger partial charge in [-0.1, -0.05) is 31.6 Å². The fraction of sp³-hybridized carbons (Fsp3) is 0.840. The van der Waals surface area contributed by atoms with Crippen LogP contribution in [0, 0.1) is 5.41 Å². The molecule has 12 heteroatoms. The number of aliphatic hydroxyl groups excluding tert-OH is 8. The molecule has 0 bridgehead atoms. The second-order valence-electron chi connectivity index (χ2n) is 10.9. The van der Waals surface area contributed by atoms with Crippen molar-refractivity contribution in [3.63, 3.8) is 0 Å². The Labute approximate surface area is 216 Å². The van der Waals surface area contributed by atoms with Crippen LogP contribution in [0.3, 0.4) is 0 Å². The zero-order valence-corrected chi connectivity index (χ0v) is 21.6. The quantitative estimate of drug-likeness (QED) is 0.172. The van der Waals surface area contributed by atoms with Gasteiger partial charge in [-0.2, -0.15) is 0 Å². The van der Waals surface area contributed by atoms with Crippen molar-refractivity contribution in [3.8, 4) is 0 Å². The summed E-state index contributed by atoms with van der Waals surface area (Å²) in [5.41, 5.74) is 1.83. The molecule has 12 unspecified atom stereocenters. The summed E-state index contributed by atoms with van der Waals surface area (Å²) in [6, 6.07) is 0. The van der Waals surface area contributed by atoms with E-state index in [0.717, 1.165) is 11.1 Å². The minimum atomic E-state index is -1.64. The SMILES string of the molecule is CC1=C(C=CC(C)O)C(C)(C)CC(OC2OC(COC3OC(CO)C(O)C(O)C3O)C(O)C(O)C2O)C1. The third-order valence-electron chi connectivity index (χ3n) is 7.27. The minimum Gasteiger partial charge on any atom is -0.394 e. The molecule has 12 atom stereocenters. The molecular weight excluding hydrogens is 492 g/mol. The normalized spacial score (nSPS) is 43.8. The summed E-state index contributed by atoms with van der Waals surface area (Å²) >= 11 is 0. The largest absolute Gasteiger partial charge is 0.394 e. The van der Waals surface area contributed by atoms with E-state index in [1.165, 1.54) is 0 Å². The first-order valence-electron chi connectivity index (χ1n) is 12.6. The number of rotatable bonds is 8. The van der Waals surface area contributed by atoms with Crippen LogP contribution in [0.2, 0.25) is 0 Å². The average Bonchev–Trinajstić information content (AvgIpc) is 2.82. The molecule has 0 amide bonds. The van der Waals surface area contributed by atoms with Crippen LogP contribution >= 0.6 is 0 Å². The molecule has 3 aliphatic rings. The Morgan fingerprint density at radius 1 is 0.919 bits per heavy atom. The van der Waals surface area contributed by atoms with E-state index in [9.17, 15) is 40.9 Å². The van der Waals surface area contributed by atoms with E-state index in [1.54, 1.807) is 13.0 Å². The predicted octanol–water partition coefficient (Wildman–Crippen LogP) is -1.93. The minimum absolute atomic E-state index is 0.304. The van der Waals surface area contributed by atoms with Gasteiger partial charge in [-0.3, -0.25) is 0 Å². The molecular formula is C25H42O12. The van der Waals surface area contributed by atoms with Crippen molar-refractivity contribution in [2.75, 3.05) is 13.2 Å². The Bertz CT molecular complexity index is 811. The number of aliphatic hydroxyl groups is 8. The zero-order chi connectivity index (χ0) is 27.7. The predicted molar refractivity (Wildman–Crippen MR) is 128 cm³/mol. The Hall–Kier alpha value is -1.00. The Morgan fingerprint density at radius 2 is 1.49 bits per heavy atom. The lowest BCUT2D eigenvalue weighted by molar-refractivity contribution is -0.336. The lowest BCUT2D eigenvalue weighted by Gasteiger charge is -2.44. The highest BCUT2D eigenvalue weighted by Gasteiger charge is 2.48. The van der Waals surface area contributed by atoms with Crippen LogP contribution in [0.25, 0.3) is 0 Å². The summed E-state index contributed by atoms with van der Waals surface area (Å²) < 4.78 is 22.6. The molecule has 0 aromatic heterocycles. The molecule has 0 aromatic carbocycles. The highest BCUT2D eigenvalue weighted by Crippen LogP contribution is 2.43. The molecule has 3 rings (SSSR count). The van der Waals surface area contributed by atoms with Gasteiger partial charge in [0.05, 0.1) is 25.4 Å². The monoisotopic (exact) mass is 534 g/mol. The summed E-state index contributed by atoms with van der Waals surface area (Å²) in [6.07, 6.45) is -10.8. The van der Waals surface area contributed by atoms with Gasteiger partial charge in [-0.05, 0) is 37.7 Å². The van der Waals surface area contributed by atoms with Crippen LogP contribution in [-0.2, 0) is 18.9 Å². The Morgan fingerprint density at radius 3 is 2.05 bits per heavy atom. The third kappa shape index (κ3) is 6.96. The molecule has 2 aliphatic heterocycles. The molecule has 2 fully saturated rings. The first-order chi connectivity index (χ1) is 17.3. The second kappa shape index (κ2) is 12.5. The van der Waals surface area contributed by atoms with Gasteiger partial charge in [0.25, 0.3) is 0 Å². The summed E-state index contributed by atoms with van der Waals surface area (Å²) in [6.45, 7) is 6.68. The van der Waals surface area contributed by atoms with Crippen molar-refractivity contribution in [1.29, 1.82) is 0 Å². The van der Waals surface area contributed by atoms with Gasteiger partial charge in [-0.25, -0.2) is 0 Å². The smallest absolute Gasteiger partial charge is 0.186 e. The maximum atomic E-state index is 10.5. The highest BCUT2D eigenvalue weighted by molar-refractivity contribution is 5.34. The number of ether oxygens (including phenoxy) is 4. The van der Waals surface area contributed by atoms with Crippen molar-refractivity contribution in [2.24, 2.45) is 5.41 Å². The Kier molecular flexibility index (Phi) is 10.3. The molecule has 0 spiro atoms. The lowest BCUT2D eigenvalue weighted by atomic mass is 9.71. The van der Waals surface area contributed by atoms with E-state index >= 15 is 0 Å². The van der Waals surface area contributed by atoms with E-state index in [2.05, 4.69) is 0 Å². The molecule has 2 heterocycles. The fourth-order valence-corrected chi connectivity index (χ4v) is 5.23. The van der Waals surface area contributed by atoms with E-state index < -0.39 is 80.7 Å². The van der Waals surface area contributed by atoms with Crippen LogP contribution < -0.4 is 0 Å².